The third-order valence-electron chi connectivity index (χ3n) is 3.64. The molecule has 0 bridgehead atoms. The van der Waals surface area contributed by atoms with Gasteiger partial charge in [-0.2, -0.15) is 0 Å². The van der Waals surface area contributed by atoms with E-state index in [0.717, 1.165) is 5.75 Å². The number of anilines is 1. The van der Waals surface area contributed by atoms with E-state index in [1.165, 1.54) is 5.56 Å². The van der Waals surface area contributed by atoms with Crippen molar-refractivity contribution in [3.05, 3.63) is 77.7 Å². The van der Waals surface area contributed by atoms with Crippen molar-refractivity contribution in [3.63, 3.8) is 0 Å². The van der Waals surface area contributed by atoms with Crippen LogP contribution in [0.5, 0.6) is 11.5 Å². The summed E-state index contributed by atoms with van der Waals surface area (Å²) in [6.07, 6.45) is 0. The van der Waals surface area contributed by atoms with Gasteiger partial charge in [0.05, 0.1) is 12.8 Å². The third-order valence-corrected chi connectivity index (χ3v) is 3.64. The van der Waals surface area contributed by atoms with Crippen molar-refractivity contribution >= 4 is 11.6 Å². The van der Waals surface area contributed by atoms with Gasteiger partial charge >= 0.3 is 0 Å². The molecular weight excluding hydrogens is 318 g/mol. The van der Waals surface area contributed by atoms with Crippen molar-refractivity contribution in [1.29, 1.82) is 0 Å². The molecule has 0 atom stereocenters. The van der Waals surface area contributed by atoms with Crippen LogP contribution in [0.15, 0.2) is 65.1 Å². The molecule has 1 aromatic heterocycles. The average Bonchev–Trinajstić information content (AvgIpc) is 3.11. The van der Waals surface area contributed by atoms with Gasteiger partial charge in [-0.3, -0.25) is 4.79 Å². The summed E-state index contributed by atoms with van der Waals surface area (Å²) in [5, 5.41) is 2.77. The van der Waals surface area contributed by atoms with E-state index in [1.807, 2.05) is 43.3 Å². The molecule has 1 amide bonds. The zero-order valence-electron chi connectivity index (χ0n) is 14.1. The van der Waals surface area contributed by atoms with Gasteiger partial charge in [-0.25, -0.2) is 0 Å². The summed E-state index contributed by atoms with van der Waals surface area (Å²) in [6, 6.07) is 18.3. The van der Waals surface area contributed by atoms with Crippen LogP contribution in [0, 0.1) is 6.92 Å². The Morgan fingerprint density at radius 2 is 1.80 bits per heavy atom. The summed E-state index contributed by atoms with van der Waals surface area (Å²) in [7, 11) is 1.55. The molecule has 0 radical (unpaired) electrons. The molecule has 3 rings (SSSR count). The number of methoxy groups -OCH3 is 1. The third kappa shape index (κ3) is 4.20. The molecule has 0 spiro atoms. The highest BCUT2D eigenvalue weighted by atomic mass is 16.5. The second kappa shape index (κ2) is 7.57. The van der Waals surface area contributed by atoms with Crippen molar-refractivity contribution in [2.24, 2.45) is 0 Å². The van der Waals surface area contributed by atoms with E-state index >= 15 is 0 Å². The summed E-state index contributed by atoms with van der Waals surface area (Å²) in [6.45, 7) is 2.27. The molecule has 0 unspecified atom stereocenters. The Kier molecular flexibility index (Phi) is 5.04. The van der Waals surface area contributed by atoms with Crippen LogP contribution in [0.3, 0.4) is 0 Å². The van der Waals surface area contributed by atoms with Gasteiger partial charge in [0.1, 0.15) is 23.9 Å². The molecule has 0 saturated heterocycles. The lowest BCUT2D eigenvalue weighted by Crippen LogP contribution is -2.11. The largest absolute Gasteiger partial charge is 0.495 e. The molecule has 0 fully saturated rings. The highest BCUT2D eigenvalue weighted by Gasteiger charge is 2.13. The van der Waals surface area contributed by atoms with Gasteiger partial charge in [-0.15, -0.1) is 0 Å². The summed E-state index contributed by atoms with van der Waals surface area (Å²) < 4.78 is 16.4. The van der Waals surface area contributed by atoms with Crippen LogP contribution in [0.2, 0.25) is 0 Å². The van der Waals surface area contributed by atoms with Crippen molar-refractivity contribution in [3.8, 4) is 11.5 Å². The van der Waals surface area contributed by atoms with Gasteiger partial charge < -0.3 is 19.2 Å². The van der Waals surface area contributed by atoms with E-state index in [0.29, 0.717) is 17.2 Å². The smallest absolute Gasteiger partial charge is 0.291 e. The van der Waals surface area contributed by atoms with E-state index in [2.05, 4.69) is 5.32 Å². The zero-order valence-corrected chi connectivity index (χ0v) is 14.1. The number of ether oxygens (including phenoxy) is 2. The fourth-order valence-corrected chi connectivity index (χ4v) is 2.30. The van der Waals surface area contributed by atoms with Gasteiger partial charge in [-0.1, -0.05) is 29.8 Å². The lowest BCUT2D eigenvalue weighted by atomic mass is 10.2. The number of hydrogen-bond donors (Lipinski definition) is 1. The molecule has 3 aromatic rings. The fraction of sp³-hybridized carbons (Fsp3) is 0.150. The molecule has 25 heavy (non-hydrogen) atoms. The SMILES string of the molecule is COc1ccccc1NC(=O)c1ccc(COc2ccc(C)cc2)o1. The van der Waals surface area contributed by atoms with Crippen LogP contribution in [0.1, 0.15) is 21.9 Å². The van der Waals surface area contributed by atoms with Crippen LogP contribution >= 0.6 is 0 Å². The molecule has 5 nitrogen and oxygen atoms in total. The highest BCUT2D eigenvalue weighted by Crippen LogP contribution is 2.24. The lowest BCUT2D eigenvalue weighted by molar-refractivity contribution is 0.0992. The summed E-state index contributed by atoms with van der Waals surface area (Å²) in [4.78, 5) is 12.3. The predicted molar refractivity (Wildman–Crippen MR) is 95.2 cm³/mol. The number of rotatable bonds is 6. The first-order valence-electron chi connectivity index (χ1n) is 7.88. The topological polar surface area (TPSA) is 60.7 Å². The number of carbonyl (C=O) groups is 1. The number of nitrogens with one attached hydrogen (secondary N) is 1. The molecule has 0 saturated carbocycles. The lowest BCUT2D eigenvalue weighted by Gasteiger charge is -2.08. The molecule has 0 aliphatic carbocycles. The van der Waals surface area contributed by atoms with Gasteiger partial charge in [0, 0.05) is 0 Å². The quantitative estimate of drug-likeness (QED) is 0.723. The van der Waals surface area contributed by atoms with Crippen molar-refractivity contribution in [2.45, 2.75) is 13.5 Å². The second-order valence-corrected chi connectivity index (χ2v) is 5.52. The monoisotopic (exact) mass is 337 g/mol. The number of aryl methyl sites for hydroxylation is 1. The zero-order chi connectivity index (χ0) is 17.6. The first-order chi connectivity index (χ1) is 12.2. The van der Waals surface area contributed by atoms with E-state index < -0.39 is 0 Å². The number of para-hydroxylation sites is 2. The minimum Gasteiger partial charge on any atom is -0.495 e. The average molecular weight is 337 g/mol. The minimum absolute atomic E-state index is 0.216. The number of benzene rings is 2. The number of carbonyl (C=O) groups excluding carboxylic acids is 1. The van der Waals surface area contributed by atoms with Gasteiger partial charge in [0.25, 0.3) is 5.91 Å². The van der Waals surface area contributed by atoms with Gasteiger partial charge in [0.2, 0.25) is 0 Å². The van der Waals surface area contributed by atoms with Crippen LogP contribution in [0.25, 0.3) is 0 Å². The van der Waals surface area contributed by atoms with Crippen LogP contribution in [-0.4, -0.2) is 13.0 Å². The number of amides is 1. The molecule has 128 valence electrons. The first-order valence-corrected chi connectivity index (χ1v) is 7.88. The highest BCUT2D eigenvalue weighted by molar-refractivity contribution is 6.03. The molecule has 5 heteroatoms. The van der Waals surface area contributed by atoms with E-state index in [1.54, 1.807) is 31.4 Å². The Labute approximate surface area is 146 Å². The Balaban J connectivity index is 1.62. The fourth-order valence-electron chi connectivity index (χ4n) is 2.30. The standard InChI is InChI=1S/C20H19NO4/c1-14-7-9-15(10-8-14)24-13-16-11-12-19(25-16)20(22)21-17-5-3-4-6-18(17)23-2/h3-12H,13H2,1-2H3,(H,21,22). The molecule has 1 N–H and O–H groups in total. The van der Waals surface area contributed by atoms with Crippen molar-refractivity contribution in [1.82, 2.24) is 0 Å². The summed E-state index contributed by atoms with van der Waals surface area (Å²) >= 11 is 0. The van der Waals surface area contributed by atoms with E-state index in [-0.39, 0.29) is 18.3 Å². The van der Waals surface area contributed by atoms with Gasteiger partial charge in [0.15, 0.2) is 5.76 Å². The first kappa shape index (κ1) is 16.6. The number of furan rings is 1. The van der Waals surface area contributed by atoms with Gasteiger partial charge in [-0.05, 0) is 43.3 Å². The van der Waals surface area contributed by atoms with Crippen molar-refractivity contribution in [2.75, 3.05) is 12.4 Å². The predicted octanol–water partition coefficient (Wildman–Crippen LogP) is 4.43. The summed E-state index contributed by atoms with van der Waals surface area (Å²) in [5.41, 5.74) is 1.75. The van der Waals surface area contributed by atoms with E-state index in [4.69, 9.17) is 13.9 Å². The Morgan fingerprint density at radius 3 is 2.56 bits per heavy atom. The maximum atomic E-state index is 12.3. The Bertz CT molecular complexity index is 852. The maximum absolute atomic E-state index is 12.3. The van der Waals surface area contributed by atoms with Crippen LogP contribution in [0.4, 0.5) is 5.69 Å². The minimum atomic E-state index is -0.342. The normalized spacial score (nSPS) is 10.3. The van der Waals surface area contributed by atoms with Crippen LogP contribution in [-0.2, 0) is 6.61 Å². The van der Waals surface area contributed by atoms with Crippen LogP contribution < -0.4 is 14.8 Å². The molecule has 0 aliphatic heterocycles. The number of hydrogen-bond acceptors (Lipinski definition) is 4. The molecule has 1 heterocycles. The second-order valence-electron chi connectivity index (χ2n) is 5.52. The Morgan fingerprint density at radius 1 is 1.04 bits per heavy atom. The molecule has 0 aliphatic rings. The van der Waals surface area contributed by atoms with Crippen molar-refractivity contribution < 1.29 is 18.7 Å². The maximum Gasteiger partial charge on any atom is 0.291 e. The van der Waals surface area contributed by atoms with E-state index in [9.17, 15) is 4.79 Å². The molecule has 2 aromatic carbocycles. The molecular formula is C20H19NO4. The Hall–Kier alpha value is -3.21. The summed E-state index contributed by atoms with van der Waals surface area (Å²) in [5.74, 6) is 1.79.